The van der Waals surface area contributed by atoms with Gasteiger partial charge in [0, 0.05) is 23.3 Å². The summed E-state index contributed by atoms with van der Waals surface area (Å²) < 4.78 is 0. The zero-order valence-corrected chi connectivity index (χ0v) is 9.53. The molecule has 0 atom stereocenters. The molecule has 1 saturated carbocycles. The van der Waals surface area contributed by atoms with E-state index in [1.54, 1.807) is 0 Å². The Morgan fingerprint density at radius 1 is 1.25 bits per heavy atom. The molecular formula is C14H16N2. The SMILES string of the molecule is Cc1cncc2cc(C3(N)CCC3)ccc12. The zero-order chi connectivity index (χ0) is 11.2. The van der Waals surface area contributed by atoms with E-state index in [4.69, 9.17) is 5.73 Å². The molecule has 1 heterocycles. The number of nitrogens with two attached hydrogens (primary N) is 1. The second kappa shape index (κ2) is 3.29. The van der Waals surface area contributed by atoms with Gasteiger partial charge in [-0.1, -0.05) is 12.1 Å². The van der Waals surface area contributed by atoms with E-state index in [1.165, 1.54) is 28.3 Å². The highest BCUT2D eigenvalue weighted by Gasteiger charge is 2.34. The lowest BCUT2D eigenvalue weighted by atomic mass is 9.72. The predicted octanol–water partition coefficient (Wildman–Crippen LogP) is 2.88. The van der Waals surface area contributed by atoms with Gasteiger partial charge in [0.1, 0.15) is 0 Å². The van der Waals surface area contributed by atoms with E-state index in [0.717, 1.165) is 12.8 Å². The Labute approximate surface area is 95.5 Å². The summed E-state index contributed by atoms with van der Waals surface area (Å²) in [5, 5.41) is 2.48. The van der Waals surface area contributed by atoms with Crippen LogP contribution < -0.4 is 5.73 Å². The van der Waals surface area contributed by atoms with E-state index < -0.39 is 0 Å². The van der Waals surface area contributed by atoms with Gasteiger partial charge in [-0.3, -0.25) is 4.98 Å². The van der Waals surface area contributed by atoms with Crippen molar-refractivity contribution in [2.24, 2.45) is 5.73 Å². The average Bonchev–Trinajstić information content (AvgIpc) is 2.26. The van der Waals surface area contributed by atoms with Gasteiger partial charge < -0.3 is 5.73 Å². The van der Waals surface area contributed by atoms with Gasteiger partial charge in [0.05, 0.1) is 0 Å². The molecule has 2 aromatic rings. The normalized spacial score (nSPS) is 18.4. The molecule has 0 bridgehead atoms. The first-order chi connectivity index (χ1) is 7.69. The number of aryl methyl sites for hydroxylation is 1. The monoisotopic (exact) mass is 212 g/mol. The first kappa shape index (κ1) is 9.79. The lowest BCUT2D eigenvalue weighted by molar-refractivity contribution is 0.254. The number of nitrogens with zero attached hydrogens (tertiary/aromatic N) is 1. The molecule has 0 spiro atoms. The molecule has 1 fully saturated rings. The Morgan fingerprint density at radius 3 is 2.75 bits per heavy atom. The fraction of sp³-hybridized carbons (Fsp3) is 0.357. The van der Waals surface area contributed by atoms with Crippen LogP contribution in [0, 0.1) is 6.92 Å². The van der Waals surface area contributed by atoms with Crippen molar-refractivity contribution in [2.75, 3.05) is 0 Å². The third-order valence-electron chi connectivity index (χ3n) is 3.78. The molecule has 0 saturated heterocycles. The maximum Gasteiger partial charge on any atom is 0.0409 e. The number of rotatable bonds is 1. The zero-order valence-electron chi connectivity index (χ0n) is 9.53. The standard InChI is InChI=1S/C14H16N2/c1-10-8-16-9-11-7-12(3-4-13(10)11)14(15)5-2-6-14/h3-4,7-9H,2,5-6,15H2,1H3. The van der Waals surface area contributed by atoms with Gasteiger partial charge in [0.2, 0.25) is 0 Å². The molecule has 0 unspecified atom stereocenters. The third-order valence-corrected chi connectivity index (χ3v) is 3.78. The van der Waals surface area contributed by atoms with E-state index in [0.29, 0.717) is 0 Å². The summed E-state index contributed by atoms with van der Waals surface area (Å²) in [5.74, 6) is 0. The average molecular weight is 212 g/mol. The minimum Gasteiger partial charge on any atom is -0.321 e. The van der Waals surface area contributed by atoms with Crippen LogP contribution in [0.4, 0.5) is 0 Å². The van der Waals surface area contributed by atoms with Crippen molar-refractivity contribution in [3.8, 4) is 0 Å². The number of aromatic nitrogens is 1. The minimum absolute atomic E-state index is 0.0715. The molecule has 0 amide bonds. The summed E-state index contributed by atoms with van der Waals surface area (Å²) in [4.78, 5) is 4.24. The second-order valence-corrected chi connectivity index (χ2v) is 4.90. The van der Waals surface area contributed by atoms with Crippen molar-refractivity contribution in [1.29, 1.82) is 0 Å². The second-order valence-electron chi connectivity index (χ2n) is 4.90. The molecular weight excluding hydrogens is 196 g/mol. The van der Waals surface area contributed by atoms with Gasteiger partial charge in [0.25, 0.3) is 0 Å². The van der Waals surface area contributed by atoms with E-state index in [1.807, 2.05) is 12.4 Å². The number of pyridine rings is 1. The predicted molar refractivity (Wildman–Crippen MR) is 66.2 cm³/mol. The molecule has 2 nitrogen and oxygen atoms in total. The fourth-order valence-electron chi connectivity index (χ4n) is 2.48. The molecule has 2 N–H and O–H groups in total. The number of benzene rings is 1. The van der Waals surface area contributed by atoms with Crippen LogP contribution in [-0.2, 0) is 5.54 Å². The van der Waals surface area contributed by atoms with Gasteiger partial charge in [0.15, 0.2) is 0 Å². The lowest BCUT2D eigenvalue weighted by Gasteiger charge is -2.38. The summed E-state index contributed by atoms with van der Waals surface area (Å²) in [7, 11) is 0. The summed E-state index contributed by atoms with van der Waals surface area (Å²) in [5.41, 5.74) is 8.75. The van der Waals surface area contributed by atoms with Gasteiger partial charge >= 0.3 is 0 Å². The van der Waals surface area contributed by atoms with Crippen LogP contribution in [0.5, 0.6) is 0 Å². The van der Waals surface area contributed by atoms with Crippen molar-refractivity contribution in [3.05, 3.63) is 41.7 Å². The summed E-state index contributed by atoms with van der Waals surface area (Å²) in [6.45, 7) is 2.09. The third kappa shape index (κ3) is 1.34. The van der Waals surface area contributed by atoms with Crippen LogP contribution in [0.25, 0.3) is 10.8 Å². The fourth-order valence-corrected chi connectivity index (χ4v) is 2.48. The molecule has 82 valence electrons. The molecule has 0 radical (unpaired) electrons. The first-order valence-corrected chi connectivity index (χ1v) is 5.83. The first-order valence-electron chi connectivity index (χ1n) is 5.83. The Hall–Kier alpha value is -1.41. The molecule has 1 aromatic carbocycles. The minimum atomic E-state index is -0.0715. The lowest BCUT2D eigenvalue weighted by Crippen LogP contribution is -2.43. The Kier molecular flexibility index (Phi) is 2.01. The van der Waals surface area contributed by atoms with Crippen LogP contribution in [0.2, 0.25) is 0 Å². The van der Waals surface area contributed by atoms with E-state index >= 15 is 0 Å². The molecule has 1 aromatic heterocycles. The quantitative estimate of drug-likeness (QED) is 0.789. The Bertz CT molecular complexity index is 541. The molecule has 1 aliphatic rings. The number of fused-ring (bicyclic) bond motifs is 1. The van der Waals surface area contributed by atoms with Crippen molar-refractivity contribution < 1.29 is 0 Å². The van der Waals surface area contributed by atoms with Crippen molar-refractivity contribution >= 4 is 10.8 Å². The topological polar surface area (TPSA) is 38.9 Å². The largest absolute Gasteiger partial charge is 0.321 e. The van der Waals surface area contributed by atoms with Crippen LogP contribution in [0.1, 0.15) is 30.4 Å². The molecule has 3 rings (SSSR count). The highest BCUT2D eigenvalue weighted by atomic mass is 14.8. The molecule has 1 aliphatic carbocycles. The van der Waals surface area contributed by atoms with Crippen LogP contribution in [0.15, 0.2) is 30.6 Å². The van der Waals surface area contributed by atoms with Gasteiger partial charge in [-0.25, -0.2) is 0 Å². The highest BCUT2D eigenvalue weighted by Crippen LogP contribution is 2.39. The number of hydrogen-bond acceptors (Lipinski definition) is 2. The van der Waals surface area contributed by atoms with Gasteiger partial charge in [-0.15, -0.1) is 0 Å². The van der Waals surface area contributed by atoms with Crippen molar-refractivity contribution in [1.82, 2.24) is 4.98 Å². The van der Waals surface area contributed by atoms with Gasteiger partial charge in [-0.05, 0) is 48.8 Å². The Morgan fingerprint density at radius 2 is 2.06 bits per heavy atom. The smallest absolute Gasteiger partial charge is 0.0409 e. The van der Waals surface area contributed by atoms with Crippen LogP contribution >= 0.6 is 0 Å². The van der Waals surface area contributed by atoms with E-state index in [2.05, 4.69) is 30.1 Å². The Balaban J connectivity index is 2.16. The molecule has 2 heteroatoms. The van der Waals surface area contributed by atoms with Crippen molar-refractivity contribution in [3.63, 3.8) is 0 Å². The van der Waals surface area contributed by atoms with Crippen LogP contribution in [-0.4, -0.2) is 4.98 Å². The van der Waals surface area contributed by atoms with E-state index in [-0.39, 0.29) is 5.54 Å². The van der Waals surface area contributed by atoms with Gasteiger partial charge in [-0.2, -0.15) is 0 Å². The summed E-state index contributed by atoms with van der Waals surface area (Å²) >= 11 is 0. The maximum absolute atomic E-state index is 6.33. The summed E-state index contributed by atoms with van der Waals surface area (Å²) in [6, 6.07) is 6.55. The van der Waals surface area contributed by atoms with Crippen LogP contribution in [0.3, 0.4) is 0 Å². The molecule has 0 aliphatic heterocycles. The number of hydrogen-bond donors (Lipinski definition) is 1. The van der Waals surface area contributed by atoms with Crippen molar-refractivity contribution in [2.45, 2.75) is 31.7 Å². The van der Waals surface area contributed by atoms with E-state index in [9.17, 15) is 0 Å². The molecule has 16 heavy (non-hydrogen) atoms. The summed E-state index contributed by atoms with van der Waals surface area (Å²) in [6.07, 6.45) is 7.30. The highest BCUT2D eigenvalue weighted by molar-refractivity contribution is 5.85. The maximum atomic E-state index is 6.33.